The minimum Gasteiger partial charge on any atom is -0.478 e. The van der Waals surface area contributed by atoms with Gasteiger partial charge in [-0.2, -0.15) is 0 Å². The summed E-state index contributed by atoms with van der Waals surface area (Å²) < 4.78 is 25.7. The van der Waals surface area contributed by atoms with Gasteiger partial charge in [0.15, 0.2) is 0 Å². The van der Waals surface area contributed by atoms with Crippen molar-refractivity contribution < 1.29 is 18.5 Å². The Labute approximate surface area is 122 Å². The van der Waals surface area contributed by atoms with Gasteiger partial charge in [-0.1, -0.05) is 11.6 Å². The monoisotopic (exact) mass is 312 g/mol. The number of hydrogen-bond acceptors (Lipinski definition) is 2. The predicted octanol–water partition coefficient (Wildman–Crippen LogP) is 3.49. The van der Waals surface area contributed by atoms with E-state index in [9.17, 15) is 13.4 Å². The molecular formula is C14H10ClFO3S. The molecule has 0 aliphatic heterocycles. The van der Waals surface area contributed by atoms with E-state index < -0.39 is 22.6 Å². The maximum Gasteiger partial charge on any atom is 0.335 e. The Hall–Kier alpha value is -1.72. The van der Waals surface area contributed by atoms with Crippen LogP contribution in [0, 0.1) is 5.82 Å². The first-order valence-corrected chi connectivity index (χ1v) is 7.33. The SMILES string of the molecule is O=C(O)c1ccc(F)c(CS(=O)c2ccc(Cl)cc2)c1. The van der Waals surface area contributed by atoms with Crippen LogP contribution in [0.5, 0.6) is 0 Å². The highest BCUT2D eigenvalue weighted by Gasteiger charge is 2.12. The first-order valence-electron chi connectivity index (χ1n) is 5.63. The molecule has 0 radical (unpaired) electrons. The van der Waals surface area contributed by atoms with Crippen molar-refractivity contribution in [3.8, 4) is 0 Å². The summed E-state index contributed by atoms with van der Waals surface area (Å²) in [5.74, 6) is -1.81. The number of carboxylic acids is 1. The van der Waals surface area contributed by atoms with Crippen molar-refractivity contribution in [3.63, 3.8) is 0 Å². The van der Waals surface area contributed by atoms with Gasteiger partial charge < -0.3 is 5.11 Å². The molecule has 0 fully saturated rings. The Kier molecular flexibility index (Phi) is 4.52. The minimum atomic E-state index is -1.47. The van der Waals surface area contributed by atoms with Crippen molar-refractivity contribution in [2.75, 3.05) is 0 Å². The Morgan fingerprint density at radius 2 is 1.85 bits per heavy atom. The summed E-state index contributed by atoms with van der Waals surface area (Å²) in [6, 6.07) is 9.82. The van der Waals surface area contributed by atoms with Crippen LogP contribution in [0.4, 0.5) is 4.39 Å². The molecule has 2 aromatic carbocycles. The van der Waals surface area contributed by atoms with Gasteiger partial charge >= 0.3 is 5.97 Å². The third-order valence-corrected chi connectivity index (χ3v) is 4.28. The Bertz CT molecular complexity index is 671. The lowest BCUT2D eigenvalue weighted by Crippen LogP contribution is -2.03. The molecule has 6 heteroatoms. The van der Waals surface area contributed by atoms with E-state index in [1.54, 1.807) is 24.3 Å². The first kappa shape index (κ1) is 14.7. The topological polar surface area (TPSA) is 54.4 Å². The molecule has 0 saturated carbocycles. The third kappa shape index (κ3) is 3.43. The second-order valence-corrected chi connectivity index (χ2v) is 5.94. The molecular weight excluding hydrogens is 303 g/mol. The number of halogens is 2. The molecule has 1 atom stereocenters. The summed E-state index contributed by atoms with van der Waals surface area (Å²) in [6.45, 7) is 0. The van der Waals surface area contributed by atoms with Crippen LogP contribution in [0.25, 0.3) is 0 Å². The molecule has 0 spiro atoms. The lowest BCUT2D eigenvalue weighted by Gasteiger charge is -2.05. The standard InChI is InChI=1S/C14H10ClFO3S/c15-11-2-4-12(5-3-11)20(19)8-10-7-9(14(17)18)1-6-13(10)16/h1-7H,8H2,(H,17,18). The maximum absolute atomic E-state index is 13.6. The smallest absolute Gasteiger partial charge is 0.335 e. The molecule has 20 heavy (non-hydrogen) atoms. The number of carbonyl (C=O) groups is 1. The zero-order valence-corrected chi connectivity index (χ0v) is 11.7. The van der Waals surface area contributed by atoms with Gasteiger partial charge in [0.2, 0.25) is 0 Å². The second-order valence-electron chi connectivity index (χ2n) is 4.06. The van der Waals surface area contributed by atoms with Gasteiger partial charge in [0.25, 0.3) is 0 Å². The van der Waals surface area contributed by atoms with Crippen LogP contribution in [-0.4, -0.2) is 15.3 Å². The molecule has 1 unspecified atom stereocenters. The number of benzene rings is 2. The molecule has 1 N–H and O–H groups in total. The van der Waals surface area contributed by atoms with Crippen LogP contribution < -0.4 is 0 Å². The van der Waals surface area contributed by atoms with Crippen LogP contribution in [0.1, 0.15) is 15.9 Å². The highest BCUT2D eigenvalue weighted by molar-refractivity contribution is 7.84. The summed E-state index contributed by atoms with van der Waals surface area (Å²) in [6.07, 6.45) is 0. The summed E-state index contributed by atoms with van der Waals surface area (Å²) in [4.78, 5) is 11.4. The number of hydrogen-bond donors (Lipinski definition) is 1. The molecule has 0 heterocycles. The lowest BCUT2D eigenvalue weighted by molar-refractivity contribution is 0.0696. The zero-order valence-electron chi connectivity index (χ0n) is 10.2. The second kappa shape index (κ2) is 6.15. The van der Waals surface area contributed by atoms with Crippen LogP contribution in [0.2, 0.25) is 5.02 Å². The van der Waals surface area contributed by atoms with Crippen molar-refractivity contribution in [2.24, 2.45) is 0 Å². The van der Waals surface area contributed by atoms with Crippen LogP contribution in [0.15, 0.2) is 47.4 Å². The van der Waals surface area contributed by atoms with Gasteiger partial charge in [-0.05, 0) is 42.5 Å². The van der Waals surface area contributed by atoms with Gasteiger partial charge in [0.05, 0.1) is 22.1 Å². The maximum atomic E-state index is 13.6. The van der Waals surface area contributed by atoms with E-state index in [4.69, 9.17) is 16.7 Å². The van der Waals surface area contributed by atoms with Crippen LogP contribution >= 0.6 is 11.6 Å². The fourth-order valence-corrected chi connectivity index (χ4v) is 2.87. The lowest BCUT2D eigenvalue weighted by atomic mass is 10.1. The molecule has 0 aliphatic rings. The summed E-state index contributed by atoms with van der Waals surface area (Å²) in [5, 5.41) is 9.39. The van der Waals surface area contributed by atoms with E-state index in [1.807, 2.05) is 0 Å². The molecule has 0 saturated heterocycles. The minimum absolute atomic E-state index is 0.0329. The number of rotatable bonds is 4. The van der Waals surface area contributed by atoms with E-state index in [2.05, 4.69) is 0 Å². The molecule has 2 aromatic rings. The Morgan fingerprint density at radius 1 is 1.20 bits per heavy atom. The fourth-order valence-electron chi connectivity index (χ4n) is 1.63. The summed E-state index contributed by atoms with van der Waals surface area (Å²) >= 11 is 5.73. The molecule has 3 nitrogen and oxygen atoms in total. The highest BCUT2D eigenvalue weighted by atomic mass is 35.5. The van der Waals surface area contributed by atoms with Crippen LogP contribution in [0.3, 0.4) is 0 Å². The van der Waals surface area contributed by atoms with E-state index in [0.29, 0.717) is 9.92 Å². The normalized spacial score (nSPS) is 12.1. The van der Waals surface area contributed by atoms with Gasteiger partial charge in [0, 0.05) is 15.5 Å². The van der Waals surface area contributed by atoms with E-state index in [-0.39, 0.29) is 16.9 Å². The van der Waals surface area contributed by atoms with Gasteiger partial charge in [-0.3, -0.25) is 4.21 Å². The predicted molar refractivity (Wildman–Crippen MR) is 74.9 cm³/mol. The third-order valence-electron chi connectivity index (χ3n) is 2.66. The van der Waals surface area contributed by atoms with Gasteiger partial charge in [-0.25, -0.2) is 9.18 Å². The Morgan fingerprint density at radius 3 is 2.45 bits per heavy atom. The quantitative estimate of drug-likeness (QED) is 0.940. The number of aromatic carboxylic acids is 1. The summed E-state index contributed by atoms with van der Waals surface area (Å²) in [5.41, 5.74) is 0.0766. The summed E-state index contributed by atoms with van der Waals surface area (Å²) in [7, 11) is -1.47. The van der Waals surface area contributed by atoms with Crippen molar-refractivity contribution in [3.05, 3.63) is 64.4 Å². The van der Waals surface area contributed by atoms with Gasteiger partial charge in [0.1, 0.15) is 5.82 Å². The zero-order chi connectivity index (χ0) is 14.7. The van der Waals surface area contributed by atoms with Crippen molar-refractivity contribution >= 4 is 28.4 Å². The average Bonchev–Trinajstić information content (AvgIpc) is 2.41. The average molecular weight is 313 g/mol. The number of carboxylic acid groups (broad SMARTS) is 1. The Balaban J connectivity index is 2.25. The van der Waals surface area contributed by atoms with Gasteiger partial charge in [-0.15, -0.1) is 0 Å². The highest BCUT2D eigenvalue weighted by Crippen LogP contribution is 2.18. The fraction of sp³-hybridized carbons (Fsp3) is 0.0714. The van der Waals surface area contributed by atoms with E-state index in [1.165, 1.54) is 12.1 Å². The largest absolute Gasteiger partial charge is 0.478 e. The van der Waals surface area contributed by atoms with E-state index in [0.717, 1.165) is 6.07 Å². The van der Waals surface area contributed by atoms with Crippen molar-refractivity contribution in [2.45, 2.75) is 10.6 Å². The molecule has 0 aliphatic carbocycles. The molecule has 0 amide bonds. The van der Waals surface area contributed by atoms with Crippen molar-refractivity contribution in [1.29, 1.82) is 0 Å². The molecule has 104 valence electrons. The van der Waals surface area contributed by atoms with Crippen LogP contribution in [-0.2, 0) is 16.6 Å². The van der Waals surface area contributed by atoms with E-state index >= 15 is 0 Å². The molecule has 2 rings (SSSR count). The first-order chi connectivity index (χ1) is 9.47. The molecule has 0 bridgehead atoms. The van der Waals surface area contributed by atoms with Crippen molar-refractivity contribution in [1.82, 2.24) is 0 Å². The molecule has 0 aromatic heterocycles.